The maximum Gasteiger partial charge on any atom is 0.241 e. The molecule has 0 aromatic carbocycles. The molecule has 1 heterocycles. The number of rotatable bonds is 8. The third-order valence-electron chi connectivity index (χ3n) is 4.32. The summed E-state index contributed by atoms with van der Waals surface area (Å²) >= 11 is 0. The van der Waals surface area contributed by atoms with Gasteiger partial charge in [-0.15, -0.1) is 0 Å². The minimum atomic E-state index is 0.0200. The molecule has 1 fully saturated rings. The molecule has 0 aromatic heterocycles. The van der Waals surface area contributed by atoms with E-state index >= 15 is 0 Å². The first-order valence-electron chi connectivity index (χ1n) is 8.26. The fourth-order valence-corrected chi connectivity index (χ4v) is 3.12. The maximum absolute atomic E-state index is 12.7. The van der Waals surface area contributed by atoms with Crippen LogP contribution in [-0.4, -0.2) is 53.6 Å². The Labute approximate surface area is 124 Å². The van der Waals surface area contributed by atoms with Gasteiger partial charge in [0.2, 0.25) is 5.91 Å². The van der Waals surface area contributed by atoms with E-state index in [1.54, 1.807) is 0 Å². The van der Waals surface area contributed by atoms with Crippen LogP contribution in [0.2, 0.25) is 0 Å². The summed E-state index contributed by atoms with van der Waals surface area (Å²) < 4.78 is 0. The topological polar surface area (TPSA) is 35.6 Å². The number of nitrogens with one attached hydrogen (secondary N) is 1. The fourth-order valence-electron chi connectivity index (χ4n) is 3.12. The molecule has 118 valence electrons. The van der Waals surface area contributed by atoms with Crippen LogP contribution in [0, 0.1) is 5.92 Å². The standard InChI is InChI=1S/C16H33N3O/c1-7-10-14-16(20)19(15(17-14)12(4)5)13(6)11-18(8-2)9-3/h12-15,17H,7-11H2,1-6H3. The van der Waals surface area contributed by atoms with Gasteiger partial charge in [0, 0.05) is 12.6 Å². The summed E-state index contributed by atoms with van der Waals surface area (Å²) in [7, 11) is 0. The summed E-state index contributed by atoms with van der Waals surface area (Å²) in [5, 5.41) is 3.54. The van der Waals surface area contributed by atoms with Gasteiger partial charge in [-0.1, -0.05) is 41.0 Å². The Morgan fingerprint density at radius 1 is 1.20 bits per heavy atom. The summed E-state index contributed by atoms with van der Waals surface area (Å²) in [6.07, 6.45) is 2.17. The molecular weight excluding hydrogens is 250 g/mol. The SMILES string of the molecule is CCCC1NC(C(C)C)N(C(C)CN(CC)CC)C1=O. The lowest BCUT2D eigenvalue weighted by Crippen LogP contribution is -2.50. The van der Waals surface area contributed by atoms with Crippen LogP contribution in [0.5, 0.6) is 0 Å². The molecule has 4 heteroatoms. The second-order valence-electron chi connectivity index (χ2n) is 6.28. The maximum atomic E-state index is 12.7. The molecular formula is C16H33N3O. The first-order valence-corrected chi connectivity index (χ1v) is 8.26. The summed E-state index contributed by atoms with van der Waals surface area (Å²) in [6, 6.07) is 0.288. The van der Waals surface area contributed by atoms with Crippen LogP contribution in [0.3, 0.4) is 0 Å². The first-order chi connectivity index (χ1) is 9.46. The number of amides is 1. The van der Waals surface area contributed by atoms with Crippen molar-refractivity contribution in [2.24, 2.45) is 5.92 Å². The molecule has 1 aliphatic heterocycles. The van der Waals surface area contributed by atoms with Crippen LogP contribution in [0.15, 0.2) is 0 Å². The van der Waals surface area contributed by atoms with E-state index in [1.165, 1.54) is 0 Å². The molecule has 0 radical (unpaired) electrons. The second-order valence-corrected chi connectivity index (χ2v) is 6.28. The van der Waals surface area contributed by atoms with Gasteiger partial charge in [0.1, 0.15) is 0 Å². The van der Waals surface area contributed by atoms with Gasteiger partial charge in [0.05, 0.1) is 12.2 Å². The lowest BCUT2D eigenvalue weighted by Gasteiger charge is -2.35. The summed E-state index contributed by atoms with van der Waals surface area (Å²) in [4.78, 5) is 17.1. The largest absolute Gasteiger partial charge is 0.322 e. The zero-order valence-electron chi connectivity index (χ0n) is 14.1. The average molecular weight is 283 g/mol. The van der Waals surface area contributed by atoms with Crippen LogP contribution in [0.25, 0.3) is 0 Å². The Morgan fingerprint density at radius 3 is 2.25 bits per heavy atom. The smallest absolute Gasteiger partial charge is 0.241 e. The van der Waals surface area contributed by atoms with Crippen molar-refractivity contribution >= 4 is 5.91 Å². The van der Waals surface area contributed by atoms with Crippen molar-refractivity contribution in [1.29, 1.82) is 0 Å². The molecule has 1 rings (SSSR count). The van der Waals surface area contributed by atoms with Gasteiger partial charge in [-0.2, -0.15) is 0 Å². The molecule has 0 saturated carbocycles. The Kier molecular flexibility index (Phi) is 6.96. The number of nitrogens with zero attached hydrogens (tertiary/aromatic N) is 2. The molecule has 4 nitrogen and oxygen atoms in total. The number of carbonyl (C=O) groups is 1. The highest BCUT2D eigenvalue weighted by Gasteiger charge is 2.41. The van der Waals surface area contributed by atoms with Gasteiger partial charge >= 0.3 is 0 Å². The van der Waals surface area contributed by atoms with Gasteiger partial charge in [-0.25, -0.2) is 0 Å². The third kappa shape index (κ3) is 3.95. The molecule has 20 heavy (non-hydrogen) atoms. The van der Waals surface area contributed by atoms with E-state index in [0.717, 1.165) is 32.5 Å². The van der Waals surface area contributed by atoms with E-state index in [9.17, 15) is 4.79 Å². The van der Waals surface area contributed by atoms with Gasteiger partial charge in [0.25, 0.3) is 0 Å². The van der Waals surface area contributed by atoms with E-state index in [0.29, 0.717) is 11.8 Å². The lowest BCUT2D eigenvalue weighted by atomic mass is 10.1. The average Bonchev–Trinajstić information content (AvgIpc) is 2.74. The highest BCUT2D eigenvalue weighted by atomic mass is 16.2. The summed E-state index contributed by atoms with van der Waals surface area (Å²) in [6.45, 7) is 16.1. The first kappa shape index (κ1) is 17.4. The Bertz CT molecular complexity index is 302. The third-order valence-corrected chi connectivity index (χ3v) is 4.32. The second kappa shape index (κ2) is 7.99. The minimum absolute atomic E-state index is 0.0200. The minimum Gasteiger partial charge on any atom is -0.322 e. The number of carbonyl (C=O) groups excluding carboxylic acids is 1. The molecule has 3 unspecified atom stereocenters. The number of hydrogen-bond acceptors (Lipinski definition) is 3. The van der Waals surface area contributed by atoms with Gasteiger partial charge in [0.15, 0.2) is 0 Å². The lowest BCUT2D eigenvalue weighted by molar-refractivity contribution is -0.133. The Hall–Kier alpha value is -0.610. The quantitative estimate of drug-likeness (QED) is 0.742. The monoisotopic (exact) mass is 283 g/mol. The van der Waals surface area contributed by atoms with Gasteiger partial charge in [-0.3, -0.25) is 10.1 Å². The van der Waals surface area contributed by atoms with Crippen molar-refractivity contribution in [3.05, 3.63) is 0 Å². The van der Waals surface area contributed by atoms with Crippen molar-refractivity contribution < 1.29 is 4.79 Å². The number of hydrogen-bond donors (Lipinski definition) is 1. The van der Waals surface area contributed by atoms with Crippen molar-refractivity contribution in [2.75, 3.05) is 19.6 Å². The van der Waals surface area contributed by atoms with Crippen molar-refractivity contribution in [1.82, 2.24) is 15.1 Å². The normalized spacial score (nSPS) is 25.0. The zero-order chi connectivity index (χ0) is 15.3. The van der Waals surface area contributed by atoms with Crippen molar-refractivity contribution in [3.63, 3.8) is 0 Å². The van der Waals surface area contributed by atoms with Crippen LogP contribution < -0.4 is 5.32 Å². The van der Waals surface area contributed by atoms with E-state index in [1.807, 2.05) is 0 Å². The Balaban J connectivity index is 2.79. The van der Waals surface area contributed by atoms with Gasteiger partial charge < -0.3 is 9.80 Å². The van der Waals surface area contributed by atoms with E-state index < -0.39 is 0 Å². The molecule has 1 saturated heterocycles. The highest BCUT2D eigenvalue weighted by molar-refractivity contribution is 5.84. The van der Waals surface area contributed by atoms with Crippen LogP contribution in [0.1, 0.15) is 54.4 Å². The highest BCUT2D eigenvalue weighted by Crippen LogP contribution is 2.23. The molecule has 0 bridgehead atoms. The predicted octanol–water partition coefficient (Wildman–Crippen LogP) is 2.30. The van der Waals surface area contributed by atoms with E-state index in [2.05, 4.69) is 56.7 Å². The van der Waals surface area contributed by atoms with Crippen molar-refractivity contribution in [3.8, 4) is 0 Å². The molecule has 0 spiro atoms. The van der Waals surface area contributed by atoms with Crippen LogP contribution in [0.4, 0.5) is 0 Å². The zero-order valence-corrected chi connectivity index (χ0v) is 14.1. The van der Waals surface area contributed by atoms with E-state index in [4.69, 9.17) is 0 Å². The van der Waals surface area contributed by atoms with Crippen LogP contribution >= 0.6 is 0 Å². The molecule has 0 aliphatic carbocycles. The molecule has 1 aliphatic rings. The molecule has 3 atom stereocenters. The van der Waals surface area contributed by atoms with Crippen LogP contribution in [-0.2, 0) is 4.79 Å². The van der Waals surface area contributed by atoms with Crippen molar-refractivity contribution in [2.45, 2.75) is 72.6 Å². The molecule has 1 amide bonds. The number of likely N-dealkylation sites (N-methyl/N-ethyl adjacent to an activating group) is 1. The van der Waals surface area contributed by atoms with Gasteiger partial charge in [-0.05, 0) is 32.4 Å². The summed E-state index contributed by atoms with van der Waals surface area (Å²) in [5.41, 5.74) is 0. The summed E-state index contributed by atoms with van der Waals surface area (Å²) in [5.74, 6) is 0.741. The Morgan fingerprint density at radius 2 is 1.80 bits per heavy atom. The van der Waals surface area contributed by atoms with E-state index in [-0.39, 0.29) is 18.2 Å². The predicted molar refractivity (Wildman–Crippen MR) is 84.6 cm³/mol. The molecule has 1 N–H and O–H groups in total. The molecule has 0 aromatic rings. The fraction of sp³-hybridized carbons (Fsp3) is 0.938.